The van der Waals surface area contributed by atoms with Crippen LogP contribution in [0, 0.1) is 0 Å². The fourth-order valence-electron chi connectivity index (χ4n) is 1.14. The Hall–Kier alpha value is -1.38. The van der Waals surface area contributed by atoms with Gasteiger partial charge in [0.2, 0.25) is 0 Å². The van der Waals surface area contributed by atoms with E-state index in [1.807, 2.05) is 12.1 Å². The molecule has 0 amide bonds. The maximum absolute atomic E-state index is 4.35. The molecule has 12 heavy (non-hydrogen) atoms. The lowest BCUT2D eigenvalue weighted by molar-refractivity contribution is 0.798. The first-order chi connectivity index (χ1) is 5.77. The Kier molecular flexibility index (Phi) is 1.57. The number of aromatic amines is 1. The molecule has 0 radical (unpaired) electrons. The second-order valence-electron chi connectivity index (χ2n) is 3.15. The van der Waals surface area contributed by atoms with Crippen molar-refractivity contribution in [1.82, 2.24) is 15.0 Å². The highest BCUT2D eigenvalue weighted by atomic mass is 15.0. The van der Waals surface area contributed by atoms with Crippen molar-refractivity contribution >= 4 is 11.2 Å². The van der Waals surface area contributed by atoms with Crippen molar-refractivity contribution < 1.29 is 0 Å². The minimum Gasteiger partial charge on any atom is -0.340 e. The predicted octanol–water partition coefficient (Wildman–Crippen LogP) is 2.08. The van der Waals surface area contributed by atoms with E-state index in [0.29, 0.717) is 5.92 Å². The van der Waals surface area contributed by atoms with E-state index in [4.69, 9.17) is 0 Å². The summed E-state index contributed by atoms with van der Waals surface area (Å²) >= 11 is 0. The van der Waals surface area contributed by atoms with Gasteiger partial charge in [0.05, 0.1) is 5.52 Å². The first-order valence-electron chi connectivity index (χ1n) is 4.08. The largest absolute Gasteiger partial charge is 0.340 e. The van der Waals surface area contributed by atoms with Gasteiger partial charge >= 0.3 is 0 Å². The molecular weight excluding hydrogens is 150 g/mol. The van der Waals surface area contributed by atoms with Crippen molar-refractivity contribution in [2.75, 3.05) is 0 Å². The second kappa shape index (κ2) is 2.59. The summed E-state index contributed by atoms with van der Waals surface area (Å²) in [5.41, 5.74) is 1.82. The first-order valence-corrected chi connectivity index (χ1v) is 4.08. The number of pyridine rings is 1. The molecule has 62 valence electrons. The molecule has 0 fully saturated rings. The van der Waals surface area contributed by atoms with Crippen LogP contribution in [0.15, 0.2) is 18.3 Å². The maximum Gasteiger partial charge on any atom is 0.177 e. The zero-order valence-electron chi connectivity index (χ0n) is 7.20. The monoisotopic (exact) mass is 161 g/mol. The number of rotatable bonds is 1. The molecule has 3 heteroatoms. The van der Waals surface area contributed by atoms with Crippen LogP contribution in [0.3, 0.4) is 0 Å². The molecule has 0 spiro atoms. The molecule has 1 N–H and O–H groups in total. The molecule has 2 heterocycles. The smallest absolute Gasteiger partial charge is 0.177 e. The number of nitrogens with one attached hydrogen (secondary N) is 1. The number of fused-ring (bicyclic) bond motifs is 1. The molecule has 0 aliphatic heterocycles. The van der Waals surface area contributed by atoms with Crippen LogP contribution in [0.25, 0.3) is 11.2 Å². The average Bonchev–Trinajstić information content (AvgIpc) is 2.46. The van der Waals surface area contributed by atoms with Gasteiger partial charge in [-0.05, 0) is 12.1 Å². The van der Waals surface area contributed by atoms with Gasteiger partial charge in [-0.25, -0.2) is 9.97 Å². The lowest BCUT2D eigenvalue weighted by Crippen LogP contribution is -1.88. The average molecular weight is 161 g/mol. The fraction of sp³-hybridized carbons (Fsp3) is 0.333. The molecule has 0 saturated heterocycles. The van der Waals surface area contributed by atoms with Crippen LogP contribution in [0.5, 0.6) is 0 Å². The van der Waals surface area contributed by atoms with Crippen molar-refractivity contribution in [2.45, 2.75) is 19.8 Å². The summed E-state index contributed by atoms with van der Waals surface area (Å²) in [7, 11) is 0. The summed E-state index contributed by atoms with van der Waals surface area (Å²) < 4.78 is 0. The zero-order valence-corrected chi connectivity index (χ0v) is 7.20. The molecule has 0 bridgehead atoms. The summed E-state index contributed by atoms with van der Waals surface area (Å²) in [4.78, 5) is 11.7. The Labute approximate surface area is 70.9 Å². The van der Waals surface area contributed by atoms with E-state index in [1.54, 1.807) is 6.20 Å². The van der Waals surface area contributed by atoms with Crippen molar-refractivity contribution in [3.63, 3.8) is 0 Å². The van der Waals surface area contributed by atoms with Gasteiger partial charge in [0.15, 0.2) is 5.65 Å². The van der Waals surface area contributed by atoms with Gasteiger partial charge in [-0.2, -0.15) is 0 Å². The highest BCUT2D eigenvalue weighted by Gasteiger charge is 2.05. The van der Waals surface area contributed by atoms with E-state index in [-0.39, 0.29) is 0 Å². The summed E-state index contributed by atoms with van der Waals surface area (Å²) in [6.45, 7) is 4.22. The van der Waals surface area contributed by atoms with E-state index in [0.717, 1.165) is 17.0 Å². The van der Waals surface area contributed by atoms with Crippen LogP contribution in [0.1, 0.15) is 25.6 Å². The molecule has 2 aromatic rings. The van der Waals surface area contributed by atoms with Crippen LogP contribution in [-0.4, -0.2) is 15.0 Å². The van der Waals surface area contributed by atoms with Gasteiger partial charge in [0.25, 0.3) is 0 Å². The van der Waals surface area contributed by atoms with Crippen LogP contribution in [0.4, 0.5) is 0 Å². The molecule has 0 aliphatic rings. The first kappa shape index (κ1) is 7.28. The number of H-pyrrole nitrogens is 1. The van der Waals surface area contributed by atoms with Gasteiger partial charge in [-0.3, -0.25) is 0 Å². The lowest BCUT2D eigenvalue weighted by Gasteiger charge is -1.95. The molecule has 0 saturated carbocycles. The summed E-state index contributed by atoms with van der Waals surface area (Å²) in [6.07, 6.45) is 1.76. The number of imidazole rings is 1. The Morgan fingerprint density at radius 1 is 1.42 bits per heavy atom. The molecule has 0 aliphatic carbocycles. The lowest BCUT2D eigenvalue weighted by atomic mass is 10.2. The fourth-order valence-corrected chi connectivity index (χ4v) is 1.14. The Morgan fingerprint density at radius 3 is 2.92 bits per heavy atom. The topological polar surface area (TPSA) is 41.6 Å². The third-order valence-corrected chi connectivity index (χ3v) is 1.82. The number of hydrogen-bond donors (Lipinski definition) is 1. The summed E-state index contributed by atoms with van der Waals surface area (Å²) in [6, 6.07) is 3.89. The van der Waals surface area contributed by atoms with Gasteiger partial charge < -0.3 is 4.98 Å². The van der Waals surface area contributed by atoms with Crippen molar-refractivity contribution in [3.8, 4) is 0 Å². The molecule has 0 unspecified atom stereocenters. The third kappa shape index (κ3) is 1.07. The second-order valence-corrected chi connectivity index (χ2v) is 3.15. The third-order valence-electron chi connectivity index (χ3n) is 1.82. The van der Waals surface area contributed by atoms with Gasteiger partial charge in [0.1, 0.15) is 5.82 Å². The van der Waals surface area contributed by atoms with Crippen LogP contribution < -0.4 is 0 Å². The standard InChI is InChI=1S/C9H11N3/c1-6(2)8-11-7-4-3-5-10-9(7)12-8/h3-6H,1-2H3,(H,10,11,12). The molecule has 2 aromatic heterocycles. The normalized spacial score (nSPS) is 11.2. The van der Waals surface area contributed by atoms with Crippen molar-refractivity contribution in [3.05, 3.63) is 24.2 Å². The quantitative estimate of drug-likeness (QED) is 0.695. The molecule has 2 rings (SSSR count). The molecule has 0 aromatic carbocycles. The van der Waals surface area contributed by atoms with E-state index in [1.165, 1.54) is 0 Å². The Bertz CT molecular complexity index is 356. The summed E-state index contributed by atoms with van der Waals surface area (Å²) in [5, 5.41) is 0. The van der Waals surface area contributed by atoms with Crippen LogP contribution in [-0.2, 0) is 0 Å². The number of hydrogen-bond acceptors (Lipinski definition) is 2. The van der Waals surface area contributed by atoms with Gasteiger partial charge in [0, 0.05) is 12.1 Å². The van der Waals surface area contributed by atoms with Gasteiger partial charge in [-0.1, -0.05) is 13.8 Å². The summed E-state index contributed by atoms with van der Waals surface area (Å²) in [5.74, 6) is 1.43. The van der Waals surface area contributed by atoms with E-state index < -0.39 is 0 Å². The highest BCUT2D eigenvalue weighted by Crippen LogP contribution is 2.14. The number of nitrogens with zero attached hydrogens (tertiary/aromatic N) is 2. The molecular formula is C9H11N3. The molecule has 0 atom stereocenters. The maximum atomic E-state index is 4.35. The minimum absolute atomic E-state index is 0.430. The van der Waals surface area contributed by atoms with E-state index in [2.05, 4.69) is 28.8 Å². The van der Waals surface area contributed by atoms with E-state index >= 15 is 0 Å². The van der Waals surface area contributed by atoms with E-state index in [9.17, 15) is 0 Å². The van der Waals surface area contributed by atoms with Crippen molar-refractivity contribution in [2.24, 2.45) is 0 Å². The minimum atomic E-state index is 0.430. The molecule has 3 nitrogen and oxygen atoms in total. The zero-order chi connectivity index (χ0) is 8.55. The Balaban J connectivity index is 2.62. The van der Waals surface area contributed by atoms with Crippen LogP contribution in [0.2, 0.25) is 0 Å². The SMILES string of the molecule is CC(C)c1nc2ncccc2[nH]1. The van der Waals surface area contributed by atoms with Gasteiger partial charge in [-0.15, -0.1) is 0 Å². The van der Waals surface area contributed by atoms with Crippen molar-refractivity contribution in [1.29, 1.82) is 0 Å². The highest BCUT2D eigenvalue weighted by molar-refractivity contribution is 5.69. The Morgan fingerprint density at radius 2 is 2.25 bits per heavy atom. The van der Waals surface area contributed by atoms with Crippen LogP contribution >= 0.6 is 0 Å². The number of aromatic nitrogens is 3. The predicted molar refractivity (Wildman–Crippen MR) is 48.0 cm³/mol.